The van der Waals surface area contributed by atoms with E-state index in [-0.39, 0.29) is 5.54 Å². The van der Waals surface area contributed by atoms with Gasteiger partial charge in [0, 0.05) is 18.3 Å². The average molecular weight is 264 g/mol. The van der Waals surface area contributed by atoms with Crippen molar-refractivity contribution in [3.63, 3.8) is 0 Å². The SMILES string of the molecule is CCCOc1cc(C)nc(NC(C)(CN)C2CC2)n1. The van der Waals surface area contributed by atoms with Crippen LogP contribution in [0.1, 0.15) is 38.8 Å². The molecule has 0 aromatic carbocycles. The van der Waals surface area contributed by atoms with Crippen LogP contribution in [0, 0.1) is 12.8 Å². The minimum atomic E-state index is -0.115. The van der Waals surface area contributed by atoms with Crippen LogP contribution in [0.5, 0.6) is 5.88 Å². The maximum absolute atomic E-state index is 5.90. The molecule has 1 heterocycles. The minimum Gasteiger partial charge on any atom is -0.478 e. The van der Waals surface area contributed by atoms with Crippen LogP contribution < -0.4 is 15.8 Å². The summed E-state index contributed by atoms with van der Waals surface area (Å²) in [6.45, 7) is 7.42. The lowest BCUT2D eigenvalue weighted by atomic mass is 9.96. The van der Waals surface area contributed by atoms with Gasteiger partial charge in [0.1, 0.15) is 0 Å². The second-order valence-corrected chi connectivity index (χ2v) is 5.54. The molecule has 0 saturated heterocycles. The van der Waals surface area contributed by atoms with E-state index in [0.29, 0.717) is 30.9 Å². The molecule has 1 unspecified atom stereocenters. The summed E-state index contributed by atoms with van der Waals surface area (Å²) < 4.78 is 5.58. The van der Waals surface area contributed by atoms with E-state index in [1.54, 1.807) is 0 Å². The molecule has 0 spiro atoms. The number of nitrogens with two attached hydrogens (primary N) is 1. The fraction of sp³-hybridized carbons (Fsp3) is 0.714. The molecule has 1 aliphatic carbocycles. The van der Waals surface area contributed by atoms with E-state index in [9.17, 15) is 0 Å². The first-order valence-corrected chi connectivity index (χ1v) is 7.04. The van der Waals surface area contributed by atoms with Gasteiger partial charge in [0.2, 0.25) is 11.8 Å². The zero-order valence-corrected chi connectivity index (χ0v) is 12.1. The van der Waals surface area contributed by atoms with E-state index in [2.05, 4.69) is 29.1 Å². The first kappa shape index (κ1) is 14.1. The van der Waals surface area contributed by atoms with E-state index in [4.69, 9.17) is 10.5 Å². The Bertz CT molecular complexity index is 433. The highest BCUT2D eigenvalue weighted by molar-refractivity contribution is 5.35. The molecule has 2 rings (SSSR count). The number of aryl methyl sites for hydroxylation is 1. The summed E-state index contributed by atoms with van der Waals surface area (Å²) in [4.78, 5) is 8.84. The largest absolute Gasteiger partial charge is 0.478 e. The fourth-order valence-corrected chi connectivity index (χ4v) is 2.17. The molecule has 1 fully saturated rings. The van der Waals surface area contributed by atoms with Crippen LogP contribution in [-0.2, 0) is 0 Å². The Balaban J connectivity index is 2.12. The van der Waals surface area contributed by atoms with Gasteiger partial charge in [0.05, 0.1) is 12.1 Å². The highest BCUT2D eigenvalue weighted by Gasteiger charge is 2.41. The van der Waals surface area contributed by atoms with Crippen molar-refractivity contribution in [1.82, 2.24) is 9.97 Å². The highest BCUT2D eigenvalue weighted by atomic mass is 16.5. The van der Waals surface area contributed by atoms with Crippen LogP contribution in [-0.4, -0.2) is 28.7 Å². The first-order chi connectivity index (χ1) is 9.07. The molecule has 5 heteroatoms. The third-order valence-corrected chi connectivity index (χ3v) is 3.58. The molecule has 0 radical (unpaired) electrons. The summed E-state index contributed by atoms with van der Waals surface area (Å²) in [5.41, 5.74) is 6.69. The van der Waals surface area contributed by atoms with Crippen LogP contribution >= 0.6 is 0 Å². The number of nitrogens with zero attached hydrogens (tertiary/aromatic N) is 2. The predicted molar refractivity (Wildman–Crippen MR) is 76.4 cm³/mol. The van der Waals surface area contributed by atoms with Crippen LogP contribution in [0.2, 0.25) is 0 Å². The summed E-state index contributed by atoms with van der Waals surface area (Å²) in [5, 5.41) is 3.40. The van der Waals surface area contributed by atoms with Gasteiger partial charge in [-0.05, 0) is 39.0 Å². The molecule has 0 amide bonds. The van der Waals surface area contributed by atoms with E-state index < -0.39 is 0 Å². The van der Waals surface area contributed by atoms with Crippen molar-refractivity contribution in [3.8, 4) is 5.88 Å². The van der Waals surface area contributed by atoms with Gasteiger partial charge >= 0.3 is 0 Å². The van der Waals surface area contributed by atoms with Crippen LogP contribution in [0.25, 0.3) is 0 Å². The summed E-state index contributed by atoms with van der Waals surface area (Å²) in [6, 6.07) is 1.86. The Morgan fingerprint density at radius 1 is 1.47 bits per heavy atom. The smallest absolute Gasteiger partial charge is 0.226 e. The van der Waals surface area contributed by atoms with Gasteiger partial charge in [0.25, 0.3) is 0 Å². The average Bonchev–Trinajstić information content (AvgIpc) is 3.20. The van der Waals surface area contributed by atoms with E-state index in [1.165, 1.54) is 12.8 Å². The van der Waals surface area contributed by atoms with Crippen molar-refractivity contribution in [3.05, 3.63) is 11.8 Å². The fourth-order valence-electron chi connectivity index (χ4n) is 2.17. The second-order valence-electron chi connectivity index (χ2n) is 5.54. The lowest BCUT2D eigenvalue weighted by Gasteiger charge is -2.29. The zero-order chi connectivity index (χ0) is 13.9. The Labute approximate surface area is 115 Å². The van der Waals surface area contributed by atoms with Crippen LogP contribution in [0.4, 0.5) is 5.95 Å². The van der Waals surface area contributed by atoms with Gasteiger partial charge in [0.15, 0.2) is 0 Å². The Morgan fingerprint density at radius 2 is 2.21 bits per heavy atom. The molecular weight excluding hydrogens is 240 g/mol. The molecule has 3 N–H and O–H groups in total. The highest BCUT2D eigenvalue weighted by Crippen LogP contribution is 2.40. The zero-order valence-electron chi connectivity index (χ0n) is 12.1. The molecule has 0 aliphatic heterocycles. The van der Waals surface area contributed by atoms with E-state index in [0.717, 1.165) is 12.1 Å². The third kappa shape index (κ3) is 3.56. The third-order valence-electron chi connectivity index (χ3n) is 3.58. The molecule has 0 bridgehead atoms. The minimum absolute atomic E-state index is 0.115. The van der Waals surface area contributed by atoms with Crippen LogP contribution in [0.3, 0.4) is 0 Å². The standard InChI is InChI=1S/C14H24N4O/c1-4-7-19-12-8-10(2)16-13(17-12)18-14(3,9-15)11-5-6-11/h8,11H,4-7,9,15H2,1-3H3,(H,16,17,18). The lowest BCUT2D eigenvalue weighted by molar-refractivity contribution is 0.304. The lowest BCUT2D eigenvalue weighted by Crippen LogP contribution is -2.45. The molecule has 1 aromatic rings. The number of hydrogen-bond donors (Lipinski definition) is 2. The Morgan fingerprint density at radius 3 is 2.79 bits per heavy atom. The van der Waals surface area contributed by atoms with Gasteiger partial charge in [-0.2, -0.15) is 4.98 Å². The van der Waals surface area contributed by atoms with Gasteiger partial charge in [-0.15, -0.1) is 0 Å². The maximum atomic E-state index is 5.90. The number of ether oxygens (including phenoxy) is 1. The number of nitrogens with one attached hydrogen (secondary N) is 1. The van der Waals surface area contributed by atoms with E-state index >= 15 is 0 Å². The molecular formula is C14H24N4O. The quantitative estimate of drug-likeness (QED) is 0.789. The number of rotatable bonds is 7. The monoisotopic (exact) mass is 264 g/mol. The maximum Gasteiger partial charge on any atom is 0.226 e. The topological polar surface area (TPSA) is 73.1 Å². The van der Waals surface area contributed by atoms with Crippen molar-refractivity contribution in [1.29, 1.82) is 0 Å². The summed E-state index contributed by atoms with van der Waals surface area (Å²) >= 11 is 0. The van der Waals surface area contributed by atoms with Gasteiger partial charge in [-0.25, -0.2) is 4.98 Å². The van der Waals surface area contributed by atoms with Gasteiger partial charge < -0.3 is 15.8 Å². The van der Waals surface area contributed by atoms with Gasteiger partial charge in [-0.3, -0.25) is 0 Å². The Hall–Kier alpha value is -1.36. The number of hydrogen-bond acceptors (Lipinski definition) is 5. The molecule has 1 aliphatic rings. The molecule has 1 atom stereocenters. The van der Waals surface area contributed by atoms with Crippen molar-refractivity contribution in [2.24, 2.45) is 11.7 Å². The molecule has 106 valence electrons. The summed E-state index contributed by atoms with van der Waals surface area (Å²) in [6.07, 6.45) is 3.42. The molecule has 1 aromatic heterocycles. The second kappa shape index (κ2) is 5.74. The number of anilines is 1. The number of aromatic nitrogens is 2. The predicted octanol–water partition coefficient (Wildman–Crippen LogP) is 2.11. The van der Waals surface area contributed by atoms with E-state index in [1.807, 2.05) is 13.0 Å². The van der Waals surface area contributed by atoms with Crippen molar-refractivity contribution in [2.75, 3.05) is 18.5 Å². The molecule has 19 heavy (non-hydrogen) atoms. The van der Waals surface area contributed by atoms with Crippen molar-refractivity contribution >= 4 is 5.95 Å². The summed E-state index contributed by atoms with van der Waals surface area (Å²) in [7, 11) is 0. The van der Waals surface area contributed by atoms with Crippen molar-refractivity contribution in [2.45, 2.75) is 45.6 Å². The van der Waals surface area contributed by atoms with Crippen molar-refractivity contribution < 1.29 is 4.74 Å². The Kier molecular flexibility index (Phi) is 4.24. The first-order valence-electron chi connectivity index (χ1n) is 7.04. The summed E-state index contributed by atoms with van der Waals surface area (Å²) in [5.74, 6) is 1.87. The van der Waals surface area contributed by atoms with Crippen LogP contribution in [0.15, 0.2) is 6.07 Å². The normalized spacial score (nSPS) is 17.9. The molecule has 1 saturated carbocycles. The molecule has 5 nitrogen and oxygen atoms in total. The van der Waals surface area contributed by atoms with Gasteiger partial charge in [-0.1, -0.05) is 6.92 Å².